The van der Waals surface area contributed by atoms with Crippen molar-refractivity contribution in [2.45, 2.75) is 23.7 Å². The quantitative estimate of drug-likeness (QED) is 0.398. The third-order valence-corrected chi connectivity index (χ3v) is 8.22. The molecule has 0 atom stereocenters. The van der Waals surface area contributed by atoms with Gasteiger partial charge in [0.25, 0.3) is 15.9 Å². The van der Waals surface area contributed by atoms with Crippen LogP contribution in [-0.2, 0) is 10.0 Å². The Hall–Kier alpha value is -3.01. The Kier molecular flexibility index (Phi) is 6.24. The lowest BCUT2D eigenvalue weighted by Crippen LogP contribution is -2.38. The summed E-state index contributed by atoms with van der Waals surface area (Å²) in [6.45, 7) is 1.19. The average molecular weight is 513 g/mol. The van der Waals surface area contributed by atoms with E-state index in [2.05, 4.69) is 25.6 Å². The first-order valence-electron chi connectivity index (χ1n) is 10.8. The van der Waals surface area contributed by atoms with Crippen LogP contribution in [0.1, 0.15) is 34.7 Å². The van der Waals surface area contributed by atoms with Gasteiger partial charge < -0.3 is 4.90 Å². The van der Waals surface area contributed by atoms with E-state index >= 15 is 0 Å². The van der Waals surface area contributed by atoms with Crippen molar-refractivity contribution in [1.82, 2.24) is 13.6 Å². The summed E-state index contributed by atoms with van der Waals surface area (Å²) in [7, 11) is -4.03. The number of carbonyl (C=O) groups is 1. The van der Waals surface area contributed by atoms with Crippen molar-refractivity contribution in [3.63, 3.8) is 0 Å². The van der Waals surface area contributed by atoms with Crippen LogP contribution < -0.4 is 4.72 Å². The molecule has 0 bridgehead atoms. The third kappa shape index (κ3) is 4.51. The SMILES string of the molecule is O=C(c1ccc(Cl)cc1NS(=O)(=O)c1cccc2nsnc12)N1CCC(c2ccccc2)CC1. The molecule has 34 heavy (non-hydrogen) atoms. The number of aromatic nitrogens is 2. The fourth-order valence-corrected chi connectivity index (χ4v) is 6.31. The van der Waals surface area contributed by atoms with E-state index in [0.29, 0.717) is 29.5 Å². The lowest BCUT2D eigenvalue weighted by Gasteiger charge is -2.32. The Morgan fingerprint density at radius 2 is 1.76 bits per heavy atom. The van der Waals surface area contributed by atoms with E-state index in [-0.39, 0.29) is 27.6 Å². The van der Waals surface area contributed by atoms with Crippen molar-refractivity contribution >= 4 is 56.0 Å². The third-order valence-electron chi connectivity index (χ3n) is 6.05. The second-order valence-corrected chi connectivity index (χ2v) is 10.8. The van der Waals surface area contributed by atoms with Gasteiger partial charge in [0.1, 0.15) is 15.9 Å². The van der Waals surface area contributed by atoms with Gasteiger partial charge >= 0.3 is 0 Å². The van der Waals surface area contributed by atoms with Gasteiger partial charge in [-0.1, -0.05) is 48.0 Å². The van der Waals surface area contributed by atoms with E-state index in [1.807, 2.05) is 18.2 Å². The number of halogens is 1. The Bertz CT molecular complexity index is 1450. The van der Waals surface area contributed by atoms with Crippen molar-refractivity contribution in [2.24, 2.45) is 0 Å². The van der Waals surface area contributed by atoms with Crippen molar-refractivity contribution in [1.29, 1.82) is 0 Å². The molecule has 0 unspecified atom stereocenters. The Morgan fingerprint density at radius 1 is 1.00 bits per heavy atom. The Labute approximate surface area is 206 Å². The van der Waals surface area contributed by atoms with Crippen LogP contribution in [0.3, 0.4) is 0 Å². The molecule has 4 aromatic rings. The molecule has 7 nitrogen and oxygen atoms in total. The maximum Gasteiger partial charge on any atom is 0.264 e. The number of likely N-dealkylation sites (tertiary alicyclic amines) is 1. The molecule has 10 heteroatoms. The van der Waals surface area contributed by atoms with E-state index in [1.54, 1.807) is 29.2 Å². The molecule has 1 amide bonds. The van der Waals surface area contributed by atoms with Crippen LogP contribution >= 0.6 is 23.3 Å². The molecule has 1 aromatic heterocycles. The highest BCUT2D eigenvalue weighted by Gasteiger charge is 2.28. The van der Waals surface area contributed by atoms with Gasteiger partial charge in [0.15, 0.2) is 0 Å². The number of sulfonamides is 1. The number of nitrogens with one attached hydrogen (secondary N) is 1. The zero-order chi connectivity index (χ0) is 23.7. The summed E-state index contributed by atoms with van der Waals surface area (Å²) in [5.41, 5.74) is 2.47. The van der Waals surface area contributed by atoms with Crippen molar-refractivity contribution in [3.8, 4) is 0 Å². The van der Waals surface area contributed by atoms with E-state index in [0.717, 1.165) is 24.6 Å². The fraction of sp³-hybridized carbons (Fsp3) is 0.208. The smallest absolute Gasteiger partial charge is 0.264 e. The second-order valence-electron chi connectivity index (χ2n) is 8.16. The zero-order valence-electron chi connectivity index (χ0n) is 18.0. The number of rotatable bonds is 5. The highest BCUT2D eigenvalue weighted by atomic mass is 35.5. The molecule has 1 N–H and O–H groups in total. The Balaban J connectivity index is 1.39. The van der Waals surface area contributed by atoms with Crippen molar-refractivity contribution < 1.29 is 13.2 Å². The number of amides is 1. The van der Waals surface area contributed by atoms with Crippen LogP contribution in [0.25, 0.3) is 11.0 Å². The molecule has 5 rings (SSSR count). The van der Waals surface area contributed by atoms with Gasteiger partial charge in [-0.25, -0.2) is 8.42 Å². The van der Waals surface area contributed by atoms with Crippen LogP contribution in [0.15, 0.2) is 71.6 Å². The summed E-state index contributed by atoms with van der Waals surface area (Å²) in [5, 5.41) is 0.325. The van der Waals surface area contributed by atoms with Gasteiger partial charge in [0, 0.05) is 18.1 Å². The summed E-state index contributed by atoms with van der Waals surface area (Å²) in [5.74, 6) is 0.176. The molecule has 0 saturated carbocycles. The minimum Gasteiger partial charge on any atom is -0.339 e. The molecule has 1 aliphatic heterocycles. The highest BCUT2D eigenvalue weighted by Crippen LogP contribution is 2.31. The molecule has 1 aliphatic rings. The molecule has 2 heterocycles. The molecule has 0 aliphatic carbocycles. The molecule has 1 fully saturated rings. The fourth-order valence-electron chi connectivity index (χ4n) is 4.30. The standard InChI is InChI=1S/C24H21ClN4O3S2/c25-18-9-10-19(24(30)29-13-11-17(12-14-29)16-5-2-1-3-6-16)21(15-18)28-34(31,32)22-8-4-7-20-23(22)27-33-26-20/h1-10,15,17,28H,11-14H2. The molecular weight excluding hydrogens is 492 g/mol. The van der Waals surface area contributed by atoms with Crippen LogP contribution in [0.2, 0.25) is 5.02 Å². The molecular formula is C24H21ClN4O3S2. The van der Waals surface area contributed by atoms with Gasteiger partial charge in [-0.05, 0) is 54.7 Å². The minimum atomic E-state index is -4.03. The number of nitrogens with zero attached hydrogens (tertiary/aromatic N) is 3. The van der Waals surface area contributed by atoms with Gasteiger partial charge in [-0.2, -0.15) is 8.75 Å². The molecule has 3 aromatic carbocycles. The minimum absolute atomic E-state index is 0.000741. The first-order valence-corrected chi connectivity index (χ1v) is 13.4. The summed E-state index contributed by atoms with van der Waals surface area (Å²) < 4.78 is 37.2. The maximum absolute atomic E-state index is 13.4. The first kappa shape index (κ1) is 22.8. The van der Waals surface area contributed by atoms with Crippen LogP contribution in [0.4, 0.5) is 5.69 Å². The van der Waals surface area contributed by atoms with Gasteiger partial charge in [-0.15, -0.1) is 0 Å². The lowest BCUT2D eigenvalue weighted by atomic mass is 9.89. The van der Waals surface area contributed by atoms with Crippen LogP contribution in [0.5, 0.6) is 0 Å². The highest BCUT2D eigenvalue weighted by molar-refractivity contribution is 7.93. The second kappa shape index (κ2) is 9.32. The normalized spacial score (nSPS) is 14.9. The van der Waals surface area contributed by atoms with E-state index < -0.39 is 10.0 Å². The number of benzene rings is 3. The first-order chi connectivity index (χ1) is 16.4. The Morgan fingerprint density at radius 3 is 2.53 bits per heavy atom. The van der Waals surface area contributed by atoms with Crippen LogP contribution in [0, 0.1) is 0 Å². The monoisotopic (exact) mass is 512 g/mol. The van der Waals surface area contributed by atoms with E-state index in [1.165, 1.54) is 17.7 Å². The van der Waals surface area contributed by atoms with Crippen molar-refractivity contribution in [3.05, 3.63) is 82.9 Å². The van der Waals surface area contributed by atoms with Gasteiger partial charge in [0.2, 0.25) is 0 Å². The zero-order valence-corrected chi connectivity index (χ0v) is 20.4. The molecule has 174 valence electrons. The van der Waals surface area contributed by atoms with Crippen LogP contribution in [-0.4, -0.2) is 41.1 Å². The average Bonchev–Trinajstić information content (AvgIpc) is 3.33. The molecule has 0 spiro atoms. The van der Waals surface area contributed by atoms with Gasteiger partial charge in [-0.3, -0.25) is 9.52 Å². The summed E-state index contributed by atoms with van der Waals surface area (Å²) >= 11 is 7.11. The number of carbonyl (C=O) groups excluding carboxylic acids is 1. The largest absolute Gasteiger partial charge is 0.339 e. The predicted molar refractivity (Wildman–Crippen MR) is 134 cm³/mol. The predicted octanol–water partition coefficient (Wildman–Crippen LogP) is 5.17. The number of anilines is 1. The van der Waals surface area contributed by atoms with E-state index in [4.69, 9.17) is 11.6 Å². The summed E-state index contributed by atoms with van der Waals surface area (Å²) in [4.78, 5) is 15.2. The number of hydrogen-bond donors (Lipinski definition) is 1. The number of piperidine rings is 1. The molecule has 1 saturated heterocycles. The number of fused-ring (bicyclic) bond motifs is 1. The van der Waals surface area contributed by atoms with Gasteiger partial charge in [0.05, 0.1) is 23.0 Å². The number of hydrogen-bond acceptors (Lipinski definition) is 6. The summed E-state index contributed by atoms with van der Waals surface area (Å²) in [6, 6.07) is 19.7. The topological polar surface area (TPSA) is 92.3 Å². The maximum atomic E-state index is 13.4. The van der Waals surface area contributed by atoms with Crippen molar-refractivity contribution in [2.75, 3.05) is 17.8 Å². The lowest BCUT2D eigenvalue weighted by molar-refractivity contribution is 0.0714. The van der Waals surface area contributed by atoms with E-state index in [9.17, 15) is 13.2 Å². The molecule has 0 radical (unpaired) electrons. The summed E-state index contributed by atoms with van der Waals surface area (Å²) in [6.07, 6.45) is 1.70.